The number of hydrogen-bond acceptors (Lipinski definition) is 3. The molecule has 0 spiro atoms. The van der Waals surface area contributed by atoms with Crippen LogP contribution in [0.15, 0.2) is 51.8 Å². The molecule has 30 heavy (non-hydrogen) atoms. The summed E-state index contributed by atoms with van der Waals surface area (Å²) >= 11 is 3.61. The molecule has 4 rings (SSSR count). The van der Waals surface area contributed by atoms with E-state index in [9.17, 15) is 13.2 Å². The summed E-state index contributed by atoms with van der Waals surface area (Å²) in [5.74, 6) is 0.899. The molecule has 0 bridgehead atoms. The Morgan fingerprint density at radius 3 is 2.43 bits per heavy atom. The van der Waals surface area contributed by atoms with E-state index in [1.54, 1.807) is 19.1 Å². The third-order valence-corrected chi connectivity index (χ3v) is 9.05. The summed E-state index contributed by atoms with van der Waals surface area (Å²) in [7, 11) is -3.19. The Morgan fingerprint density at radius 1 is 1.13 bits per heavy atom. The van der Waals surface area contributed by atoms with E-state index in [0.29, 0.717) is 23.7 Å². The van der Waals surface area contributed by atoms with Gasteiger partial charge < -0.3 is 4.90 Å². The van der Waals surface area contributed by atoms with E-state index in [2.05, 4.69) is 35.0 Å². The molecule has 1 atom stereocenters. The molecule has 1 heterocycles. The minimum atomic E-state index is -3.19. The maximum atomic E-state index is 13.2. The second-order valence-corrected chi connectivity index (χ2v) is 11.7. The quantitative estimate of drug-likeness (QED) is 0.531. The number of sulfone groups is 1. The summed E-state index contributed by atoms with van der Waals surface area (Å²) < 4.78 is 25.0. The van der Waals surface area contributed by atoms with E-state index in [1.807, 2.05) is 23.1 Å². The van der Waals surface area contributed by atoms with Crippen LogP contribution in [0.1, 0.15) is 50.7 Å². The molecular formula is C24H28BrNO3S. The van der Waals surface area contributed by atoms with E-state index >= 15 is 0 Å². The highest BCUT2D eigenvalue weighted by Gasteiger charge is 2.52. The molecule has 2 aromatic rings. The van der Waals surface area contributed by atoms with Crippen LogP contribution >= 0.6 is 15.9 Å². The van der Waals surface area contributed by atoms with Crippen molar-refractivity contribution in [3.05, 3.63) is 58.1 Å². The fourth-order valence-corrected chi connectivity index (χ4v) is 6.05. The van der Waals surface area contributed by atoms with Crippen LogP contribution in [-0.2, 0) is 26.5 Å². The summed E-state index contributed by atoms with van der Waals surface area (Å²) in [5.41, 5.74) is 3.42. The van der Waals surface area contributed by atoms with E-state index in [1.165, 1.54) is 18.4 Å². The van der Waals surface area contributed by atoms with Crippen LogP contribution in [0.4, 0.5) is 5.69 Å². The SMILES string of the molecule is CCC1(C2CC2)CN(C(=O)CCc2ccc(S(=O)(=O)CC)cc2)c2ccc(Br)cc21. The number of carbonyl (C=O) groups excluding carboxylic acids is 1. The summed E-state index contributed by atoms with van der Waals surface area (Å²) in [5, 5.41) is 0. The number of amides is 1. The van der Waals surface area contributed by atoms with Gasteiger partial charge in [0.15, 0.2) is 9.84 Å². The molecule has 6 heteroatoms. The van der Waals surface area contributed by atoms with Gasteiger partial charge in [-0.3, -0.25) is 4.79 Å². The van der Waals surface area contributed by atoms with Gasteiger partial charge in [-0.05, 0) is 73.1 Å². The average molecular weight is 490 g/mol. The highest BCUT2D eigenvalue weighted by atomic mass is 79.9. The molecule has 1 amide bonds. The number of anilines is 1. The highest BCUT2D eigenvalue weighted by molar-refractivity contribution is 9.10. The summed E-state index contributed by atoms with van der Waals surface area (Å²) in [6, 6.07) is 13.2. The Balaban J connectivity index is 1.51. The largest absolute Gasteiger partial charge is 0.311 e. The van der Waals surface area contributed by atoms with Crippen molar-refractivity contribution < 1.29 is 13.2 Å². The first-order valence-corrected chi connectivity index (χ1v) is 13.2. The lowest BCUT2D eigenvalue weighted by Gasteiger charge is -2.29. The minimum Gasteiger partial charge on any atom is -0.311 e. The Morgan fingerprint density at radius 2 is 1.83 bits per heavy atom. The fraction of sp³-hybridized carbons (Fsp3) is 0.458. The van der Waals surface area contributed by atoms with Crippen LogP contribution in [0.3, 0.4) is 0 Å². The number of halogens is 1. The van der Waals surface area contributed by atoms with Crippen molar-refractivity contribution in [3.8, 4) is 0 Å². The van der Waals surface area contributed by atoms with Crippen LogP contribution < -0.4 is 4.90 Å². The smallest absolute Gasteiger partial charge is 0.227 e. The molecule has 0 aromatic heterocycles. The Bertz CT molecular complexity index is 1060. The van der Waals surface area contributed by atoms with Crippen LogP contribution in [0, 0.1) is 5.92 Å². The summed E-state index contributed by atoms with van der Waals surface area (Å²) in [6.45, 7) is 4.65. The number of benzene rings is 2. The number of nitrogens with zero attached hydrogens (tertiary/aromatic N) is 1. The van der Waals surface area contributed by atoms with Gasteiger partial charge in [0.05, 0.1) is 10.6 Å². The molecule has 1 aliphatic carbocycles. The van der Waals surface area contributed by atoms with Crippen LogP contribution in [0.25, 0.3) is 0 Å². The van der Waals surface area contributed by atoms with Crippen LogP contribution in [0.5, 0.6) is 0 Å². The van der Waals surface area contributed by atoms with E-state index in [-0.39, 0.29) is 17.1 Å². The third kappa shape index (κ3) is 3.84. The lowest BCUT2D eigenvalue weighted by molar-refractivity contribution is -0.118. The average Bonchev–Trinajstić information content (AvgIpc) is 3.55. The lowest BCUT2D eigenvalue weighted by Crippen LogP contribution is -2.38. The van der Waals surface area contributed by atoms with Crippen molar-refractivity contribution in [2.24, 2.45) is 5.92 Å². The second kappa shape index (κ2) is 8.12. The lowest BCUT2D eigenvalue weighted by atomic mass is 9.75. The van der Waals surface area contributed by atoms with Gasteiger partial charge in [0.25, 0.3) is 0 Å². The first-order chi connectivity index (χ1) is 14.3. The topological polar surface area (TPSA) is 54.5 Å². The molecule has 0 N–H and O–H groups in total. The normalized spacial score (nSPS) is 21.0. The number of aryl methyl sites for hydroxylation is 1. The highest BCUT2D eigenvalue weighted by Crippen LogP contribution is 2.56. The zero-order valence-electron chi connectivity index (χ0n) is 17.5. The maximum absolute atomic E-state index is 13.2. The van der Waals surface area contributed by atoms with Crippen LogP contribution in [-0.4, -0.2) is 26.6 Å². The van der Waals surface area contributed by atoms with E-state index in [4.69, 9.17) is 0 Å². The van der Waals surface area contributed by atoms with Gasteiger partial charge in [-0.15, -0.1) is 0 Å². The maximum Gasteiger partial charge on any atom is 0.227 e. The van der Waals surface area contributed by atoms with Crippen molar-refractivity contribution in [2.75, 3.05) is 17.2 Å². The molecule has 160 valence electrons. The van der Waals surface area contributed by atoms with Crippen molar-refractivity contribution in [1.29, 1.82) is 0 Å². The zero-order valence-corrected chi connectivity index (χ0v) is 19.9. The Kier molecular flexibility index (Phi) is 5.84. The first kappa shape index (κ1) is 21.6. The standard InChI is InChI=1S/C24H28BrNO3S/c1-3-24(18-8-9-18)16-26(22-13-10-19(25)15-21(22)24)23(27)14-7-17-5-11-20(12-6-17)30(28,29)4-2/h5-6,10-13,15,18H,3-4,7-9,14,16H2,1-2H3. The van der Waals surface area contributed by atoms with Gasteiger partial charge in [-0.2, -0.15) is 0 Å². The molecule has 1 fully saturated rings. The number of fused-ring (bicyclic) bond motifs is 1. The third-order valence-electron chi connectivity index (χ3n) is 6.81. The monoisotopic (exact) mass is 489 g/mol. The van der Waals surface area contributed by atoms with Crippen LogP contribution in [0.2, 0.25) is 0 Å². The number of hydrogen-bond donors (Lipinski definition) is 0. The van der Waals surface area contributed by atoms with Gasteiger partial charge in [0.1, 0.15) is 0 Å². The Hall–Kier alpha value is -1.66. The predicted molar refractivity (Wildman–Crippen MR) is 124 cm³/mol. The first-order valence-electron chi connectivity index (χ1n) is 10.7. The second-order valence-electron chi connectivity index (χ2n) is 8.47. The van der Waals surface area contributed by atoms with Gasteiger partial charge >= 0.3 is 0 Å². The molecule has 4 nitrogen and oxygen atoms in total. The molecule has 0 radical (unpaired) electrons. The molecule has 0 saturated heterocycles. The number of carbonyl (C=O) groups is 1. The van der Waals surface area contributed by atoms with Crippen molar-refractivity contribution in [2.45, 2.75) is 56.3 Å². The van der Waals surface area contributed by atoms with Gasteiger partial charge in [-0.25, -0.2) is 8.42 Å². The van der Waals surface area contributed by atoms with E-state index < -0.39 is 9.84 Å². The van der Waals surface area contributed by atoms with Gasteiger partial charge in [0.2, 0.25) is 5.91 Å². The molecule has 1 saturated carbocycles. The molecule has 2 aromatic carbocycles. The number of rotatable bonds is 7. The van der Waals surface area contributed by atoms with E-state index in [0.717, 1.165) is 28.7 Å². The Labute approximate surface area is 187 Å². The predicted octanol–water partition coefficient (Wildman–Crippen LogP) is 5.28. The van der Waals surface area contributed by atoms with Crippen molar-refractivity contribution in [3.63, 3.8) is 0 Å². The van der Waals surface area contributed by atoms with Gasteiger partial charge in [0, 0.05) is 28.5 Å². The van der Waals surface area contributed by atoms with Crippen molar-refractivity contribution >= 4 is 37.4 Å². The minimum absolute atomic E-state index is 0.0743. The summed E-state index contributed by atoms with van der Waals surface area (Å²) in [4.78, 5) is 15.5. The fourth-order valence-electron chi connectivity index (χ4n) is 4.81. The van der Waals surface area contributed by atoms with Crippen molar-refractivity contribution in [1.82, 2.24) is 0 Å². The molecule has 2 aliphatic rings. The summed E-state index contributed by atoms with van der Waals surface area (Å²) in [6.07, 6.45) is 4.55. The zero-order chi connectivity index (χ0) is 21.5. The van der Waals surface area contributed by atoms with Gasteiger partial charge in [-0.1, -0.05) is 41.9 Å². The molecule has 1 unspecified atom stereocenters. The molecular weight excluding hydrogens is 462 g/mol. The molecule has 1 aliphatic heterocycles.